The number of hydrogen-bond donors (Lipinski definition) is 1. The molecule has 0 radical (unpaired) electrons. The summed E-state index contributed by atoms with van der Waals surface area (Å²) in [4.78, 5) is 2.50. The maximum atomic E-state index is 6.63. The van der Waals surface area contributed by atoms with Crippen molar-refractivity contribution in [3.05, 3.63) is 0 Å². The van der Waals surface area contributed by atoms with Crippen molar-refractivity contribution < 1.29 is 9.47 Å². The molecule has 3 rings (SSSR count). The summed E-state index contributed by atoms with van der Waals surface area (Å²) in [6.07, 6.45) is 7.56. The van der Waals surface area contributed by atoms with Crippen LogP contribution in [0.3, 0.4) is 0 Å². The van der Waals surface area contributed by atoms with E-state index in [2.05, 4.69) is 18.7 Å². The first kappa shape index (κ1) is 15.7. The molecule has 2 aliphatic heterocycles. The molecule has 2 heterocycles. The average molecular weight is 296 g/mol. The second kappa shape index (κ2) is 6.53. The number of morpholine rings is 1. The fraction of sp³-hybridized carbons (Fsp3) is 1.00. The highest BCUT2D eigenvalue weighted by Crippen LogP contribution is 2.43. The van der Waals surface area contributed by atoms with Crippen LogP contribution in [0.1, 0.15) is 52.4 Å². The molecule has 1 saturated carbocycles. The predicted octanol–water partition coefficient (Wildman–Crippen LogP) is 2.16. The molecule has 0 aromatic rings. The van der Waals surface area contributed by atoms with Crippen LogP contribution in [0.5, 0.6) is 0 Å². The molecular formula is C17H32N2O2. The molecular weight excluding hydrogens is 264 g/mol. The third-order valence-corrected chi connectivity index (χ3v) is 5.87. The average Bonchev–Trinajstić information content (AvgIpc) is 2.94. The molecule has 4 heteroatoms. The molecule has 0 aromatic carbocycles. The highest BCUT2D eigenvalue weighted by molar-refractivity contribution is 4.96. The fourth-order valence-corrected chi connectivity index (χ4v) is 4.46. The lowest BCUT2D eigenvalue weighted by Gasteiger charge is -2.44. The van der Waals surface area contributed by atoms with Crippen molar-refractivity contribution >= 4 is 0 Å². The zero-order valence-electron chi connectivity index (χ0n) is 13.7. The maximum absolute atomic E-state index is 6.63. The lowest BCUT2D eigenvalue weighted by atomic mass is 9.79. The van der Waals surface area contributed by atoms with Gasteiger partial charge in [-0.3, -0.25) is 4.90 Å². The van der Waals surface area contributed by atoms with Gasteiger partial charge in [0.05, 0.1) is 18.3 Å². The summed E-state index contributed by atoms with van der Waals surface area (Å²) in [6, 6.07) is 0.743. The van der Waals surface area contributed by atoms with Crippen LogP contribution in [-0.2, 0) is 9.47 Å². The number of nitrogens with two attached hydrogens (primary N) is 1. The van der Waals surface area contributed by atoms with Crippen molar-refractivity contribution in [2.75, 3.05) is 26.3 Å². The van der Waals surface area contributed by atoms with Crippen LogP contribution in [-0.4, -0.2) is 55.0 Å². The van der Waals surface area contributed by atoms with Crippen LogP contribution in [0.4, 0.5) is 0 Å². The minimum Gasteiger partial charge on any atom is -0.375 e. The molecule has 3 aliphatic rings. The van der Waals surface area contributed by atoms with E-state index in [0.717, 1.165) is 39.1 Å². The Morgan fingerprint density at radius 2 is 1.95 bits per heavy atom. The molecule has 21 heavy (non-hydrogen) atoms. The minimum absolute atomic E-state index is 0.160. The third kappa shape index (κ3) is 3.44. The van der Waals surface area contributed by atoms with E-state index >= 15 is 0 Å². The Morgan fingerprint density at radius 1 is 1.19 bits per heavy atom. The summed E-state index contributed by atoms with van der Waals surface area (Å²) in [5.74, 6) is 0.564. The molecule has 0 aromatic heterocycles. The molecule has 2 saturated heterocycles. The first-order valence-corrected chi connectivity index (χ1v) is 8.85. The monoisotopic (exact) mass is 296 g/mol. The number of ether oxygens (including phenoxy) is 2. The van der Waals surface area contributed by atoms with E-state index in [0.29, 0.717) is 12.0 Å². The summed E-state index contributed by atoms with van der Waals surface area (Å²) >= 11 is 0. The summed E-state index contributed by atoms with van der Waals surface area (Å²) in [7, 11) is 0. The van der Waals surface area contributed by atoms with Crippen molar-refractivity contribution in [2.45, 2.75) is 76.2 Å². The van der Waals surface area contributed by atoms with Crippen LogP contribution in [0.15, 0.2) is 0 Å². The minimum atomic E-state index is 0.160. The topological polar surface area (TPSA) is 47.7 Å². The van der Waals surface area contributed by atoms with E-state index in [9.17, 15) is 0 Å². The Balaban J connectivity index is 1.60. The summed E-state index contributed by atoms with van der Waals surface area (Å²) in [6.45, 7) is 8.26. The molecule has 3 fully saturated rings. The smallest absolute Gasteiger partial charge is 0.0856 e. The van der Waals surface area contributed by atoms with Gasteiger partial charge in [-0.05, 0) is 45.4 Å². The van der Waals surface area contributed by atoms with Crippen molar-refractivity contribution in [1.29, 1.82) is 0 Å². The highest BCUT2D eigenvalue weighted by atomic mass is 16.5. The molecule has 1 spiro atoms. The van der Waals surface area contributed by atoms with Gasteiger partial charge in [0.15, 0.2) is 0 Å². The lowest BCUT2D eigenvalue weighted by molar-refractivity contribution is -0.115. The molecule has 0 bridgehead atoms. The first-order valence-electron chi connectivity index (χ1n) is 8.85. The number of hydrogen-bond acceptors (Lipinski definition) is 4. The zero-order valence-corrected chi connectivity index (χ0v) is 13.7. The van der Waals surface area contributed by atoms with Gasteiger partial charge in [-0.15, -0.1) is 0 Å². The van der Waals surface area contributed by atoms with Gasteiger partial charge in [0, 0.05) is 31.8 Å². The maximum Gasteiger partial charge on any atom is 0.0856 e. The third-order valence-electron chi connectivity index (χ3n) is 5.87. The standard InChI is InChI=1S/C17H32N2O2/c1-13(2)19-8-10-20-15(12-19)16(18)14-5-9-21-17(11-14)6-3-4-7-17/h13-16H,3-12,18H2,1-2H3. The van der Waals surface area contributed by atoms with Crippen molar-refractivity contribution in [2.24, 2.45) is 11.7 Å². The van der Waals surface area contributed by atoms with E-state index in [1.807, 2.05) is 0 Å². The summed E-state index contributed by atoms with van der Waals surface area (Å²) in [5, 5.41) is 0. The molecule has 4 nitrogen and oxygen atoms in total. The van der Waals surface area contributed by atoms with E-state index in [-0.39, 0.29) is 17.7 Å². The molecule has 1 aliphatic carbocycles. The Labute approximate surface area is 129 Å². The number of rotatable bonds is 3. The Hall–Kier alpha value is -0.160. The zero-order chi connectivity index (χ0) is 14.9. The van der Waals surface area contributed by atoms with Gasteiger partial charge in [-0.25, -0.2) is 0 Å². The SMILES string of the molecule is CC(C)N1CCOC(C(N)C2CCOC3(CCCC3)C2)C1. The molecule has 3 atom stereocenters. The predicted molar refractivity (Wildman–Crippen MR) is 84.3 cm³/mol. The van der Waals surface area contributed by atoms with Gasteiger partial charge < -0.3 is 15.2 Å². The van der Waals surface area contributed by atoms with E-state index in [4.69, 9.17) is 15.2 Å². The van der Waals surface area contributed by atoms with E-state index in [1.165, 1.54) is 25.7 Å². The lowest BCUT2D eigenvalue weighted by Crippen LogP contribution is -2.56. The summed E-state index contributed by atoms with van der Waals surface area (Å²) in [5.41, 5.74) is 6.79. The highest BCUT2D eigenvalue weighted by Gasteiger charge is 2.43. The van der Waals surface area contributed by atoms with Crippen LogP contribution < -0.4 is 5.73 Å². The van der Waals surface area contributed by atoms with Gasteiger partial charge >= 0.3 is 0 Å². The van der Waals surface area contributed by atoms with E-state index < -0.39 is 0 Å². The number of nitrogens with zero attached hydrogens (tertiary/aromatic N) is 1. The van der Waals surface area contributed by atoms with Gasteiger partial charge in [0.25, 0.3) is 0 Å². The first-order chi connectivity index (χ1) is 10.1. The Morgan fingerprint density at radius 3 is 2.67 bits per heavy atom. The summed E-state index contributed by atoms with van der Waals surface area (Å²) < 4.78 is 12.2. The molecule has 2 N–H and O–H groups in total. The second-order valence-corrected chi connectivity index (χ2v) is 7.57. The molecule has 0 amide bonds. The van der Waals surface area contributed by atoms with Gasteiger partial charge in [-0.2, -0.15) is 0 Å². The van der Waals surface area contributed by atoms with Crippen LogP contribution in [0.25, 0.3) is 0 Å². The quantitative estimate of drug-likeness (QED) is 0.867. The Kier molecular flexibility index (Phi) is 4.89. The normalized spacial score (nSPS) is 35.4. The molecule has 122 valence electrons. The largest absolute Gasteiger partial charge is 0.375 e. The van der Waals surface area contributed by atoms with Gasteiger partial charge in [0.1, 0.15) is 0 Å². The van der Waals surface area contributed by atoms with Gasteiger partial charge in [0.2, 0.25) is 0 Å². The van der Waals surface area contributed by atoms with Crippen LogP contribution in [0, 0.1) is 5.92 Å². The van der Waals surface area contributed by atoms with Crippen molar-refractivity contribution in [1.82, 2.24) is 4.90 Å². The Bertz CT molecular complexity index is 342. The van der Waals surface area contributed by atoms with Gasteiger partial charge in [-0.1, -0.05) is 12.8 Å². The van der Waals surface area contributed by atoms with Crippen molar-refractivity contribution in [3.8, 4) is 0 Å². The fourth-order valence-electron chi connectivity index (χ4n) is 4.46. The second-order valence-electron chi connectivity index (χ2n) is 7.57. The van der Waals surface area contributed by atoms with E-state index in [1.54, 1.807) is 0 Å². The molecule has 3 unspecified atom stereocenters. The van der Waals surface area contributed by atoms with Crippen LogP contribution >= 0.6 is 0 Å². The van der Waals surface area contributed by atoms with Crippen molar-refractivity contribution in [3.63, 3.8) is 0 Å². The van der Waals surface area contributed by atoms with Crippen LogP contribution in [0.2, 0.25) is 0 Å².